The molecule has 0 saturated carbocycles. The number of methoxy groups -OCH3 is 1. The van der Waals surface area contributed by atoms with E-state index in [-0.39, 0.29) is 24.4 Å². The molecule has 0 saturated heterocycles. The maximum Gasteiger partial charge on any atom is 0.534 e. The number of fused-ring (bicyclic) bond motifs is 4. The smallest absolute Gasteiger partial charge is 0.493 e. The van der Waals surface area contributed by atoms with Crippen molar-refractivity contribution in [3.8, 4) is 17.2 Å². The molecule has 53 heavy (non-hydrogen) atoms. The molecule has 0 spiro atoms. The zero-order chi connectivity index (χ0) is 38.6. The van der Waals surface area contributed by atoms with Crippen LogP contribution in [-0.2, 0) is 14.3 Å². The van der Waals surface area contributed by atoms with Crippen LogP contribution in [0.1, 0.15) is 79.2 Å². The van der Waals surface area contributed by atoms with E-state index in [0.717, 1.165) is 37.6 Å². The van der Waals surface area contributed by atoms with Crippen LogP contribution < -0.4 is 24.0 Å². The zero-order valence-electron chi connectivity index (χ0n) is 30.8. The Morgan fingerprint density at radius 1 is 0.755 bits per heavy atom. The molecule has 4 aliphatic heterocycles. The van der Waals surface area contributed by atoms with Crippen molar-refractivity contribution in [3.63, 3.8) is 0 Å². The Labute approximate surface area is 307 Å². The fraction of sp³-hybridized carbons (Fsp3) is 0.514. The molecule has 288 valence electrons. The molecule has 2 amide bonds. The van der Waals surface area contributed by atoms with Gasteiger partial charge < -0.3 is 38.0 Å². The van der Waals surface area contributed by atoms with E-state index in [0.29, 0.717) is 52.8 Å². The molecule has 2 unspecified atom stereocenters. The molecule has 4 heterocycles. The lowest BCUT2D eigenvalue weighted by Gasteiger charge is -2.32. The van der Waals surface area contributed by atoms with E-state index < -0.39 is 39.4 Å². The van der Waals surface area contributed by atoms with Gasteiger partial charge in [0.15, 0.2) is 11.5 Å². The van der Waals surface area contributed by atoms with Gasteiger partial charge in [0.2, 0.25) is 0 Å². The van der Waals surface area contributed by atoms with Crippen LogP contribution in [-0.4, -0.2) is 94.1 Å². The summed E-state index contributed by atoms with van der Waals surface area (Å²) < 4.78 is 84.3. The molecule has 2 aromatic carbocycles. The van der Waals surface area contributed by atoms with Crippen molar-refractivity contribution < 1.29 is 49.6 Å². The summed E-state index contributed by atoms with van der Waals surface area (Å²) in [6, 6.07) is 6.22. The third-order valence-corrected chi connectivity index (χ3v) is 11.7. The van der Waals surface area contributed by atoms with Crippen molar-refractivity contribution >= 4 is 33.3 Å². The average Bonchev–Trinajstić information content (AvgIpc) is 3.68. The number of halogens is 3. The average molecular weight is 763 g/mol. The molecule has 4 aliphatic rings. The summed E-state index contributed by atoms with van der Waals surface area (Å²) in [4.78, 5) is 34.2. The Morgan fingerprint density at radius 2 is 1.28 bits per heavy atom. The highest BCUT2D eigenvalue weighted by Gasteiger charge is 2.50. The molecule has 16 heteroatoms. The summed E-state index contributed by atoms with van der Waals surface area (Å²) in [5.41, 5.74) is -1.43. The predicted molar refractivity (Wildman–Crippen MR) is 192 cm³/mol. The number of amides is 2. The SMILES string of the molecule is COc1cc2c(cc1OCCCCCOc1cc3c(cc1C)C(=O)N1C=C(OS(=O)(=O)C(F)(F)F)C[C@H]1C(C)N3C)N(C)C(C)[C@@H]1CC(C)=CN1C2=O. The van der Waals surface area contributed by atoms with E-state index in [1.54, 1.807) is 46.2 Å². The van der Waals surface area contributed by atoms with E-state index in [2.05, 4.69) is 16.0 Å². The molecule has 12 nitrogen and oxygen atoms in total. The van der Waals surface area contributed by atoms with Crippen molar-refractivity contribution in [2.75, 3.05) is 44.2 Å². The minimum absolute atomic E-state index is 0.0515. The second-order valence-electron chi connectivity index (χ2n) is 14.1. The first-order valence-electron chi connectivity index (χ1n) is 17.6. The summed E-state index contributed by atoms with van der Waals surface area (Å²) in [5, 5.41) is 0. The number of carbonyl (C=O) groups excluding carboxylic acids is 2. The quantitative estimate of drug-likeness (QED) is 0.146. The number of likely N-dealkylation sites (N-methyl/N-ethyl adjacent to an activating group) is 2. The van der Waals surface area contributed by atoms with E-state index in [4.69, 9.17) is 14.2 Å². The molecule has 0 fully saturated rings. The lowest BCUT2D eigenvalue weighted by Crippen LogP contribution is -2.44. The second-order valence-corrected chi connectivity index (χ2v) is 15.7. The molecular weight excluding hydrogens is 717 g/mol. The van der Waals surface area contributed by atoms with Crippen LogP contribution in [0.3, 0.4) is 0 Å². The van der Waals surface area contributed by atoms with Crippen LogP contribution in [0.25, 0.3) is 0 Å². The number of nitrogens with zero attached hydrogens (tertiary/aromatic N) is 4. The maximum atomic E-state index is 13.6. The molecule has 0 bridgehead atoms. The van der Waals surface area contributed by atoms with E-state index in [9.17, 15) is 31.2 Å². The zero-order valence-corrected chi connectivity index (χ0v) is 31.6. The van der Waals surface area contributed by atoms with Gasteiger partial charge in [0.25, 0.3) is 11.8 Å². The van der Waals surface area contributed by atoms with Gasteiger partial charge in [0.05, 0.1) is 54.9 Å². The van der Waals surface area contributed by atoms with Crippen molar-refractivity contribution in [1.29, 1.82) is 0 Å². The molecule has 0 N–H and O–H groups in total. The van der Waals surface area contributed by atoms with Crippen LogP contribution in [0.5, 0.6) is 17.2 Å². The number of hydrogen-bond donors (Lipinski definition) is 0. The highest BCUT2D eigenvalue weighted by atomic mass is 32.2. The Bertz CT molecular complexity index is 1970. The number of ether oxygens (including phenoxy) is 3. The van der Waals surface area contributed by atoms with Gasteiger partial charge in [-0.3, -0.25) is 9.59 Å². The van der Waals surface area contributed by atoms with Crippen LogP contribution >= 0.6 is 0 Å². The summed E-state index contributed by atoms with van der Waals surface area (Å²) in [7, 11) is -0.539. The maximum absolute atomic E-state index is 13.6. The number of carbonyl (C=O) groups is 2. The minimum atomic E-state index is -5.86. The monoisotopic (exact) mass is 762 g/mol. The normalized spacial score (nSPS) is 22.7. The number of anilines is 2. The van der Waals surface area contributed by atoms with Crippen LogP contribution in [0, 0.1) is 6.92 Å². The van der Waals surface area contributed by atoms with Gasteiger partial charge in [-0.05, 0) is 71.1 Å². The van der Waals surface area contributed by atoms with Gasteiger partial charge in [0, 0.05) is 57.1 Å². The summed E-state index contributed by atoms with van der Waals surface area (Å²) in [5.74, 6) is 0.683. The topological polar surface area (TPSA) is 118 Å². The minimum Gasteiger partial charge on any atom is -0.493 e. The molecule has 0 aromatic heterocycles. The number of aryl methyl sites for hydroxylation is 1. The summed E-state index contributed by atoms with van der Waals surface area (Å²) in [6.45, 7) is 8.62. The van der Waals surface area contributed by atoms with Gasteiger partial charge in [-0.2, -0.15) is 21.6 Å². The van der Waals surface area contributed by atoms with Gasteiger partial charge in [-0.25, -0.2) is 0 Å². The first kappa shape index (κ1) is 38.1. The van der Waals surface area contributed by atoms with Gasteiger partial charge in [-0.15, -0.1) is 0 Å². The summed E-state index contributed by atoms with van der Waals surface area (Å²) >= 11 is 0. The molecule has 6 rings (SSSR count). The van der Waals surface area contributed by atoms with E-state index in [1.807, 2.05) is 36.0 Å². The Morgan fingerprint density at radius 3 is 1.87 bits per heavy atom. The Kier molecular flexibility index (Phi) is 10.3. The number of unbranched alkanes of at least 4 members (excludes halogenated alkanes) is 2. The lowest BCUT2D eigenvalue weighted by atomic mass is 10.0. The molecule has 0 aliphatic carbocycles. The highest BCUT2D eigenvalue weighted by molar-refractivity contribution is 7.87. The molecule has 0 radical (unpaired) electrons. The molecule has 4 atom stereocenters. The second kappa shape index (κ2) is 14.3. The summed E-state index contributed by atoms with van der Waals surface area (Å²) in [6.07, 6.45) is 5.91. The molecule has 2 aromatic rings. The number of benzene rings is 2. The van der Waals surface area contributed by atoms with Crippen molar-refractivity contribution in [1.82, 2.24) is 9.80 Å². The first-order chi connectivity index (χ1) is 24.9. The third kappa shape index (κ3) is 7.09. The standard InChI is InChI=1S/C37H45F3N4O8S/c1-21-13-28-23(3)41(5)31-18-34(33(49-7)16-27(31)36(46)43(28)19-21)51-12-10-8-9-11-50-32-17-30-26(14-22(32)2)35(45)44-20-25(15-29(44)24(4)42(30)6)52-53(47,48)37(38,39)40/h14,16-20,23-24,28-29H,8-13,15H2,1-7H3/t23?,24?,28-,29-/m0/s1. The van der Waals surface area contributed by atoms with Crippen LogP contribution in [0.2, 0.25) is 0 Å². The molecular formula is C37H45F3N4O8S. The van der Waals surface area contributed by atoms with E-state index >= 15 is 0 Å². The Hall–Kier alpha value is -4.60. The van der Waals surface area contributed by atoms with Crippen LogP contribution in [0.4, 0.5) is 24.5 Å². The van der Waals surface area contributed by atoms with Crippen LogP contribution in [0.15, 0.2) is 48.0 Å². The predicted octanol–water partition coefficient (Wildman–Crippen LogP) is 6.35. The Balaban J connectivity index is 1.05. The fourth-order valence-electron chi connectivity index (χ4n) is 7.45. The van der Waals surface area contributed by atoms with Gasteiger partial charge in [-0.1, -0.05) is 5.57 Å². The highest BCUT2D eigenvalue weighted by Crippen LogP contribution is 2.42. The van der Waals surface area contributed by atoms with Crippen molar-refractivity contribution in [3.05, 3.63) is 64.7 Å². The number of hydrogen-bond acceptors (Lipinski definition) is 10. The third-order valence-electron chi connectivity index (χ3n) is 10.7. The van der Waals surface area contributed by atoms with Gasteiger partial charge >= 0.3 is 15.6 Å². The van der Waals surface area contributed by atoms with Crippen molar-refractivity contribution in [2.45, 2.75) is 89.5 Å². The largest absolute Gasteiger partial charge is 0.534 e. The first-order valence-corrected chi connectivity index (χ1v) is 19.0. The number of rotatable bonds is 11. The van der Waals surface area contributed by atoms with Crippen molar-refractivity contribution in [2.24, 2.45) is 0 Å². The fourth-order valence-corrected chi connectivity index (χ4v) is 7.94. The van der Waals surface area contributed by atoms with Gasteiger partial charge in [0.1, 0.15) is 11.5 Å². The number of alkyl halides is 3. The van der Waals surface area contributed by atoms with E-state index in [1.165, 1.54) is 10.5 Å². The lowest BCUT2D eigenvalue weighted by molar-refractivity contribution is -0.0523.